The molecule has 0 aliphatic carbocycles. The smallest absolute Gasteiger partial charge is 0.390 e. The van der Waals surface area contributed by atoms with Crippen LogP contribution in [-0.2, 0) is 4.57 Å². The summed E-state index contributed by atoms with van der Waals surface area (Å²) in [5.41, 5.74) is 5.42. The molecule has 6 N–H and O–H groups in total. The maximum Gasteiger partial charge on any atom is 0.433 e. The van der Waals surface area contributed by atoms with Gasteiger partial charge in [-0.2, -0.15) is 0 Å². The number of aromatic nitrogens is 3. The Kier molecular flexibility index (Phi) is 6.90. The van der Waals surface area contributed by atoms with E-state index in [9.17, 15) is 20.2 Å². The fourth-order valence-electron chi connectivity index (χ4n) is 1.45. The molecule has 134 valence electrons. The van der Waals surface area contributed by atoms with E-state index in [-0.39, 0.29) is 11.6 Å². The Labute approximate surface area is 139 Å². The minimum atomic E-state index is -4.14. The van der Waals surface area contributed by atoms with Crippen LogP contribution < -0.4 is 5.50 Å². The highest BCUT2D eigenvalue weighted by atomic mass is 31.2. The summed E-state index contributed by atoms with van der Waals surface area (Å²) in [6.07, 6.45) is 2.85. The minimum absolute atomic E-state index is 0.102. The van der Waals surface area contributed by atoms with Crippen LogP contribution in [0.15, 0.2) is 42.7 Å². The first-order valence-corrected chi connectivity index (χ1v) is 7.96. The Morgan fingerprint density at radius 2 is 1.72 bits per heavy atom. The van der Waals surface area contributed by atoms with Gasteiger partial charge in [0.05, 0.1) is 11.1 Å². The topological polar surface area (TPSA) is 214 Å². The van der Waals surface area contributed by atoms with Crippen LogP contribution in [0.2, 0.25) is 0 Å². The highest BCUT2D eigenvalue weighted by Crippen LogP contribution is 2.20. The third kappa shape index (κ3) is 7.81. The van der Waals surface area contributed by atoms with E-state index in [0.29, 0.717) is 11.0 Å². The lowest BCUT2D eigenvalue weighted by atomic mass is 10.3. The average Bonchev–Trinajstić information content (AvgIpc) is 3.15. The first kappa shape index (κ1) is 19.9. The van der Waals surface area contributed by atoms with Crippen molar-refractivity contribution in [3.05, 3.63) is 63.0 Å². The van der Waals surface area contributed by atoms with E-state index in [1.807, 2.05) is 0 Å². The Balaban J connectivity index is 0.000000209. The maximum atomic E-state index is 10.3. The number of nitro groups is 2. The predicted octanol–water partition coefficient (Wildman–Crippen LogP) is 1.43. The molecule has 0 spiro atoms. The van der Waals surface area contributed by atoms with E-state index in [1.165, 1.54) is 18.5 Å². The molecule has 0 saturated heterocycles. The van der Waals surface area contributed by atoms with Gasteiger partial charge in [0.25, 0.3) is 5.69 Å². The van der Waals surface area contributed by atoms with Crippen molar-refractivity contribution in [1.82, 2.24) is 15.0 Å². The molecule has 0 aliphatic rings. The number of hydrogen-bond donors (Lipinski definition) is 5. The molecule has 1 aromatic carbocycles. The largest absolute Gasteiger partial charge is 0.433 e. The molecule has 3 rings (SSSR count). The third-order valence-corrected chi connectivity index (χ3v) is 2.34. The van der Waals surface area contributed by atoms with Gasteiger partial charge in [-0.3, -0.25) is 10.1 Å². The van der Waals surface area contributed by atoms with Crippen molar-refractivity contribution in [2.75, 3.05) is 0 Å². The lowest BCUT2D eigenvalue weighted by Crippen LogP contribution is -1.88. The summed E-state index contributed by atoms with van der Waals surface area (Å²) in [5, 5.41) is 20.1. The van der Waals surface area contributed by atoms with Crippen molar-refractivity contribution in [1.29, 1.82) is 0 Å². The van der Waals surface area contributed by atoms with E-state index in [1.54, 1.807) is 24.3 Å². The summed E-state index contributed by atoms with van der Waals surface area (Å²) >= 11 is 0. The van der Waals surface area contributed by atoms with Gasteiger partial charge < -0.3 is 24.9 Å². The van der Waals surface area contributed by atoms with Crippen LogP contribution in [0, 0.1) is 20.2 Å². The fourth-order valence-corrected chi connectivity index (χ4v) is 1.45. The molecule has 14 heteroatoms. The van der Waals surface area contributed by atoms with Gasteiger partial charge >= 0.3 is 13.7 Å². The summed E-state index contributed by atoms with van der Waals surface area (Å²) in [6.45, 7) is 0. The zero-order chi connectivity index (χ0) is 19.0. The number of fused-ring (bicyclic) bond motifs is 1. The van der Waals surface area contributed by atoms with Crippen molar-refractivity contribution >= 4 is 30.4 Å². The highest BCUT2D eigenvalue weighted by Gasteiger charge is 2.11. The lowest BCUT2D eigenvalue weighted by Gasteiger charge is -1.84. The van der Waals surface area contributed by atoms with Crippen molar-refractivity contribution in [3.8, 4) is 0 Å². The Morgan fingerprint density at radius 3 is 2.12 bits per heavy atom. The van der Waals surface area contributed by atoms with E-state index in [0.717, 1.165) is 0 Å². The molecular weight excluding hydrogens is 359 g/mol. The molecule has 0 saturated carbocycles. The maximum absolute atomic E-state index is 10.3. The number of rotatable bonds is 2. The van der Waals surface area contributed by atoms with Gasteiger partial charge in [0.15, 0.2) is 5.52 Å². The molecular formula is C11H13N6O7P. The molecule has 25 heavy (non-hydrogen) atoms. The average molecular weight is 372 g/mol. The summed E-state index contributed by atoms with van der Waals surface area (Å²) in [5.74, 6) is -0.212. The second-order valence-corrected chi connectivity index (χ2v) is 5.43. The van der Waals surface area contributed by atoms with E-state index in [2.05, 4.69) is 20.5 Å². The van der Waals surface area contributed by atoms with Gasteiger partial charge in [-0.25, -0.2) is 15.1 Å². The number of hydrogen-bond acceptors (Lipinski definition) is 6. The number of nitrogens with zero attached hydrogens (tertiary/aromatic N) is 3. The van der Waals surface area contributed by atoms with E-state index < -0.39 is 17.6 Å². The van der Waals surface area contributed by atoms with Crippen LogP contribution in [0.25, 0.3) is 11.0 Å². The van der Waals surface area contributed by atoms with Crippen LogP contribution in [-0.4, -0.2) is 34.6 Å². The van der Waals surface area contributed by atoms with E-state index >= 15 is 0 Å². The molecule has 0 radical (unpaired) electrons. The van der Waals surface area contributed by atoms with Gasteiger partial charge in [-0.05, 0) is 17.1 Å². The number of nitrogens with one attached hydrogen (secondary N) is 2. The number of nitrogens with two attached hydrogens (primary N) is 1. The Bertz CT molecular complexity index is 846. The minimum Gasteiger partial charge on any atom is -0.390 e. The molecule has 0 bridgehead atoms. The molecule has 13 nitrogen and oxygen atoms in total. The quantitative estimate of drug-likeness (QED) is 0.249. The fraction of sp³-hybridized carbons (Fsp3) is 0. The normalized spacial score (nSPS) is 10.2. The van der Waals surface area contributed by atoms with Crippen molar-refractivity contribution < 1.29 is 24.2 Å². The SMILES string of the molecule is NP(=O)(O)O.O=[N+]([O-])c1cc[nH]c1.O=[N+]([O-])c1nc2ccccc2[nH]1. The van der Waals surface area contributed by atoms with Gasteiger partial charge in [0, 0.05) is 12.3 Å². The number of aromatic amines is 2. The molecule has 0 fully saturated rings. The predicted molar refractivity (Wildman–Crippen MR) is 86.4 cm³/mol. The van der Waals surface area contributed by atoms with Crippen LogP contribution in [0.5, 0.6) is 0 Å². The first-order chi connectivity index (χ1) is 11.6. The third-order valence-electron chi connectivity index (χ3n) is 2.34. The summed E-state index contributed by atoms with van der Waals surface area (Å²) in [4.78, 5) is 42.9. The molecule has 0 amide bonds. The van der Waals surface area contributed by atoms with Crippen molar-refractivity contribution in [2.45, 2.75) is 0 Å². The zero-order valence-corrected chi connectivity index (χ0v) is 13.2. The van der Waals surface area contributed by atoms with Crippen molar-refractivity contribution in [2.24, 2.45) is 5.50 Å². The van der Waals surface area contributed by atoms with Crippen LogP contribution >= 0.6 is 7.75 Å². The summed E-state index contributed by atoms with van der Waals surface area (Å²) in [6, 6.07) is 8.45. The van der Waals surface area contributed by atoms with Crippen LogP contribution in [0.1, 0.15) is 0 Å². The number of benzene rings is 1. The molecule has 0 atom stereocenters. The summed E-state index contributed by atoms with van der Waals surface area (Å²) < 4.78 is 9.10. The highest BCUT2D eigenvalue weighted by molar-refractivity contribution is 7.49. The second-order valence-electron chi connectivity index (χ2n) is 4.25. The first-order valence-electron chi connectivity index (χ1n) is 6.28. The van der Waals surface area contributed by atoms with Gasteiger partial charge in [0.1, 0.15) is 5.52 Å². The van der Waals surface area contributed by atoms with Gasteiger partial charge in [0.2, 0.25) is 0 Å². The lowest BCUT2D eigenvalue weighted by molar-refractivity contribution is -0.393. The molecule has 0 aliphatic heterocycles. The number of para-hydroxylation sites is 2. The Morgan fingerprint density at radius 1 is 1.12 bits per heavy atom. The van der Waals surface area contributed by atoms with Crippen LogP contribution in [0.4, 0.5) is 11.6 Å². The standard InChI is InChI=1S/C7H5N3O2.C4H4N2O2.H4NO3P/c11-10(12)7-8-5-3-1-2-4-6(5)9-7;7-6(8)4-1-2-5-3-4;1-5(2,3)4/h1-4H,(H,8,9);1-3,5H;(H4,1,2,3,4). The molecule has 2 heterocycles. The number of H-pyrrole nitrogens is 2. The van der Waals surface area contributed by atoms with Gasteiger partial charge in [-0.1, -0.05) is 17.1 Å². The molecule has 3 aromatic rings. The number of imidazole rings is 1. The summed E-state index contributed by atoms with van der Waals surface area (Å²) in [7, 11) is -4.14. The second kappa shape index (κ2) is 8.65. The molecule has 2 aromatic heterocycles. The van der Waals surface area contributed by atoms with Crippen LogP contribution in [0.3, 0.4) is 0 Å². The molecule has 0 unspecified atom stereocenters. The van der Waals surface area contributed by atoms with Gasteiger partial charge in [-0.15, -0.1) is 0 Å². The van der Waals surface area contributed by atoms with E-state index in [4.69, 9.17) is 14.4 Å². The zero-order valence-electron chi connectivity index (χ0n) is 12.3. The van der Waals surface area contributed by atoms with Crippen molar-refractivity contribution in [3.63, 3.8) is 0 Å². The Hall–Kier alpha value is -3.12. The monoisotopic (exact) mass is 372 g/mol.